The fourth-order valence-electron chi connectivity index (χ4n) is 1.98. The van der Waals surface area contributed by atoms with E-state index in [9.17, 15) is 0 Å². The number of hydrogen-bond acceptors (Lipinski definition) is 2. The first-order valence-electron chi connectivity index (χ1n) is 5.83. The Balaban J connectivity index is 2.24. The fourth-order valence-corrected chi connectivity index (χ4v) is 2.38. The Morgan fingerprint density at radius 2 is 1.79 bits per heavy atom. The van der Waals surface area contributed by atoms with E-state index in [1.165, 1.54) is 0 Å². The number of aryl methyl sites for hydroxylation is 1. The van der Waals surface area contributed by atoms with Gasteiger partial charge in [0.25, 0.3) is 0 Å². The molecule has 0 bridgehead atoms. The van der Waals surface area contributed by atoms with Gasteiger partial charge >= 0.3 is 0 Å². The molecule has 3 aromatic rings. The van der Waals surface area contributed by atoms with Crippen molar-refractivity contribution in [3.05, 3.63) is 58.2 Å². The topological polar surface area (TPSA) is 25.8 Å². The van der Waals surface area contributed by atoms with E-state index in [-0.39, 0.29) is 0 Å². The van der Waals surface area contributed by atoms with Crippen molar-refractivity contribution in [3.63, 3.8) is 0 Å². The van der Waals surface area contributed by atoms with Crippen molar-refractivity contribution in [1.82, 2.24) is 9.97 Å². The lowest BCUT2D eigenvalue weighted by atomic mass is 10.1. The maximum Gasteiger partial charge on any atom is 0.161 e. The van der Waals surface area contributed by atoms with Gasteiger partial charge in [0.15, 0.2) is 5.82 Å². The van der Waals surface area contributed by atoms with Gasteiger partial charge in [-0.2, -0.15) is 0 Å². The lowest BCUT2D eigenvalue weighted by molar-refractivity contribution is 1.22. The lowest BCUT2D eigenvalue weighted by Crippen LogP contribution is -1.92. The van der Waals surface area contributed by atoms with Gasteiger partial charge in [0.1, 0.15) is 5.15 Å². The normalized spacial score (nSPS) is 10.9. The van der Waals surface area contributed by atoms with E-state index in [1.54, 1.807) is 12.1 Å². The van der Waals surface area contributed by atoms with Gasteiger partial charge in [0.05, 0.1) is 5.52 Å². The molecule has 0 aliphatic rings. The first-order valence-corrected chi connectivity index (χ1v) is 6.59. The van der Waals surface area contributed by atoms with Gasteiger partial charge in [-0.25, -0.2) is 9.97 Å². The molecule has 0 N–H and O–H groups in total. The van der Waals surface area contributed by atoms with E-state index in [4.69, 9.17) is 23.2 Å². The van der Waals surface area contributed by atoms with Gasteiger partial charge in [-0.1, -0.05) is 47.0 Å². The van der Waals surface area contributed by atoms with Crippen LogP contribution < -0.4 is 0 Å². The molecule has 1 heterocycles. The fraction of sp³-hybridized carbons (Fsp3) is 0.0667. The standard InChI is InChI=1S/C15H10Cl2N2/c1-9-3-2-4-10(7-9)15-18-13-6-5-11(16)8-12(13)14(17)19-15/h2-8H,1H3. The Labute approximate surface area is 121 Å². The SMILES string of the molecule is Cc1cccc(-c2nc(Cl)c3cc(Cl)ccc3n2)c1. The van der Waals surface area contributed by atoms with E-state index >= 15 is 0 Å². The number of benzene rings is 2. The second kappa shape index (κ2) is 4.80. The quantitative estimate of drug-likeness (QED) is 0.595. The van der Waals surface area contributed by atoms with Crippen molar-refractivity contribution in [3.8, 4) is 11.4 Å². The zero-order valence-electron chi connectivity index (χ0n) is 10.2. The number of hydrogen-bond donors (Lipinski definition) is 0. The summed E-state index contributed by atoms with van der Waals surface area (Å²) in [7, 11) is 0. The van der Waals surface area contributed by atoms with Crippen LogP contribution in [-0.4, -0.2) is 9.97 Å². The summed E-state index contributed by atoms with van der Waals surface area (Å²) in [5, 5.41) is 1.82. The summed E-state index contributed by atoms with van der Waals surface area (Å²) in [6, 6.07) is 13.4. The molecule has 0 saturated carbocycles. The highest BCUT2D eigenvalue weighted by molar-refractivity contribution is 6.35. The Bertz CT molecular complexity index is 769. The summed E-state index contributed by atoms with van der Waals surface area (Å²) in [6.07, 6.45) is 0. The smallest absolute Gasteiger partial charge is 0.161 e. The minimum Gasteiger partial charge on any atom is -0.228 e. The van der Waals surface area contributed by atoms with Crippen molar-refractivity contribution in [1.29, 1.82) is 0 Å². The number of fused-ring (bicyclic) bond motifs is 1. The molecular formula is C15H10Cl2N2. The molecule has 0 spiro atoms. The molecule has 0 aliphatic heterocycles. The Morgan fingerprint density at radius 1 is 0.947 bits per heavy atom. The maximum absolute atomic E-state index is 6.21. The molecule has 3 rings (SSSR count). The molecule has 1 aromatic heterocycles. The monoisotopic (exact) mass is 288 g/mol. The molecule has 0 radical (unpaired) electrons. The Hall–Kier alpha value is -1.64. The third-order valence-corrected chi connectivity index (χ3v) is 3.41. The summed E-state index contributed by atoms with van der Waals surface area (Å²) in [4.78, 5) is 8.88. The third kappa shape index (κ3) is 2.42. The van der Waals surface area contributed by atoms with Crippen molar-refractivity contribution in [2.75, 3.05) is 0 Å². The molecule has 0 amide bonds. The van der Waals surface area contributed by atoms with Gasteiger partial charge < -0.3 is 0 Å². The van der Waals surface area contributed by atoms with Gasteiger partial charge in [-0.15, -0.1) is 0 Å². The van der Waals surface area contributed by atoms with Crippen LogP contribution in [0.2, 0.25) is 10.2 Å². The van der Waals surface area contributed by atoms with Crippen LogP contribution >= 0.6 is 23.2 Å². The van der Waals surface area contributed by atoms with Gasteiger partial charge in [-0.3, -0.25) is 0 Å². The average molecular weight is 289 g/mol. The number of nitrogens with zero attached hydrogens (tertiary/aromatic N) is 2. The summed E-state index contributed by atoms with van der Waals surface area (Å²) in [6.45, 7) is 2.03. The van der Waals surface area contributed by atoms with E-state index < -0.39 is 0 Å². The van der Waals surface area contributed by atoms with Crippen LogP contribution in [0.15, 0.2) is 42.5 Å². The molecule has 2 nitrogen and oxygen atoms in total. The number of rotatable bonds is 1. The van der Waals surface area contributed by atoms with Gasteiger partial charge in [0, 0.05) is 16.0 Å². The van der Waals surface area contributed by atoms with Crippen LogP contribution in [0.3, 0.4) is 0 Å². The minimum atomic E-state index is 0.420. The zero-order valence-corrected chi connectivity index (χ0v) is 11.7. The van der Waals surface area contributed by atoms with Crippen LogP contribution in [0.4, 0.5) is 0 Å². The van der Waals surface area contributed by atoms with Crippen LogP contribution in [0, 0.1) is 6.92 Å². The molecule has 0 atom stereocenters. The Morgan fingerprint density at radius 3 is 2.58 bits per heavy atom. The summed E-state index contributed by atoms with van der Waals surface area (Å²) in [5.74, 6) is 0.628. The molecule has 0 fully saturated rings. The molecule has 0 aliphatic carbocycles. The van der Waals surface area contributed by atoms with E-state index in [2.05, 4.69) is 9.97 Å². The summed E-state index contributed by atoms with van der Waals surface area (Å²) < 4.78 is 0. The van der Waals surface area contributed by atoms with E-state index in [0.29, 0.717) is 16.0 Å². The predicted octanol–water partition coefficient (Wildman–Crippen LogP) is 4.91. The molecular weight excluding hydrogens is 279 g/mol. The summed E-state index contributed by atoms with van der Waals surface area (Å²) >= 11 is 12.2. The number of halogens is 2. The first-order chi connectivity index (χ1) is 9.13. The van der Waals surface area contributed by atoms with Crippen LogP contribution in [-0.2, 0) is 0 Å². The van der Waals surface area contributed by atoms with Gasteiger partial charge in [0.2, 0.25) is 0 Å². The highest BCUT2D eigenvalue weighted by Gasteiger charge is 2.08. The lowest BCUT2D eigenvalue weighted by Gasteiger charge is -2.05. The first kappa shape index (κ1) is 12.4. The minimum absolute atomic E-state index is 0.420. The second-order valence-corrected chi connectivity index (χ2v) is 5.16. The average Bonchev–Trinajstić information content (AvgIpc) is 2.39. The molecule has 2 aromatic carbocycles. The van der Waals surface area contributed by atoms with E-state index in [1.807, 2.05) is 37.3 Å². The molecule has 0 saturated heterocycles. The van der Waals surface area contributed by atoms with Crippen LogP contribution in [0.25, 0.3) is 22.3 Å². The molecule has 19 heavy (non-hydrogen) atoms. The van der Waals surface area contributed by atoms with Crippen LogP contribution in [0.1, 0.15) is 5.56 Å². The van der Waals surface area contributed by atoms with E-state index in [0.717, 1.165) is 22.0 Å². The van der Waals surface area contributed by atoms with Crippen molar-refractivity contribution >= 4 is 34.1 Å². The second-order valence-electron chi connectivity index (χ2n) is 4.37. The highest BCUT2D eigenvalue weighted by atomic mass is 35.5. The maximum atomic E-state index is 6.21. The largest absolute Gasteiger partial charge is 0.228 e. The third-order valence-electron chi connectivity index (χ3n) is 2.89. The van der Waals surface area contributed by atoms with Crippen molar-refractivity contribution < 1.29 is 0 Å². The van der Waals surface area contributed by atoms with Crippen molar-refractivity contribution in [2.24, 2.45) is 0 Å². The molecule has 94 valence electrons. The van der Waals surface area contributed by atoms with Gasteiger partial charge in [-0.05, 0) is 31.2 Å². The predicted molar refractivity (Wildman–Crippen MR) is 79.7 cm³/mol. The summed E-state index contributed by atoms with van der Waals surface area (Å²) in [5.41, 5.74) is 2.91. The molecule has 4 heteroatoms. The van der Waals surface area contributed by atoms with Crippen LogP contribution in [0.5, 0.6) is 0 Å². The van der Waals surface area contributed by atoms with Crippen molar-refractivity contribution in [2.45, 2.75) is 6.92 Å². The Kier molecular flexibility index (Phi) is 3.13. The number of aromatic nitrogens is 2. The molecule has 0 unspecified atom stereocenters. The zero-order chi connectivity index (χ0) is 13.4. The highest BCUT2D eigenvalue weighted by Crippen LogP contribution is 2.27.